The van der Waals surface area contributed by atoms with Crippen LogP contribution in [0.3, 0.4) is 0 Å². The summed E-state index contributed by atoms with van der Waals surface area (Å²) >= 11 is 0. The number of methoxy groups -OCH3 is 1. The summed E-state index contributed by atoms with van der Waals surface area (Å²) in [5, 5.41) is 0. The smallest absolute Gasteiger partial charge is 0.343 e. The van der Waals surface area contributed by atoms with Gasteiger partial charge in [-0.1, -0.05) is 36.4 Å². The highest BCUT2D eigenvalue weighted by atomic mass is 16.5. The van der Waals surface area contributed by atoms with E-state index in [1.165, 1.54) is 38.3 Å². The Morgan fingerprint density at radius 2 is 1.52 bits per heavy atom. The number of esters is 2. The number of ketones is 1. The predicted molar refractivity (Wildman–Crippen MR) is 116 cm³/mol. The van der Waals surface area contributed by atoms with Gasteiger partial charge in [-0.05, 0) is 42.5 Å². The van der Waals surface area contributed by atoms with Crippen molar-refractivity contribution in [3.63, 3.8) is 0 Å². The van der Waals surface area contributed by atoms with E-state index in [0.29, 0.717) is 22.6 Å². The van der Waals surface area contributed by atoms with Crippen molar-refractivity contribution in [3.8, 4) is 17.2 Å². The standard InChI is InChI=1S/C25H20O6/c1-17(26)30-24-16-20(29-2)13-14-21(24)22(27)15-12-18-8-6-7-11-23(18)31-25(28)19-9-4-3-5-10-19/h3-16H,1-2H3/b15-12+. The van der Waals surface area contributed by atoms with Crippen LogP contribution in [0.4, 0.5) is 0 Å². The number of carbonyl (C=O) groups is 3. The average Bonchev–Trinajstić information content (AvgIpc) is 2.78. The fourth-order valence-corrected chi connectivity index (χ4v) is 2.77. The summed E-state index contributed by atoms with van der Waals surface area (Å²) < 4.78 is 15.8. The summed E-state index contributed by atoms with van der Waals surface area (Å²) in [4.78, 5) is 36.5. The third kappa shape index (κ3) is 5.67. The molecule has 0 aliphatic carbocycles. The largest absolute Gasteiger partial charge is 0.497 e. The third-order valence-corrected chi connectivity index (χ3v) is 4.25. The van der Waals surface area contributed by atoms with Gasteiger partial charge in [-0.25, -0.2) is 4.79 Å². The molecule has 0 unspecified atom stereocenters. The molecule has 31 heavy (non-hydrogen) atoms. The van der Waals surface area contributed by atoms with E-state index in [4.69, 9.17) is 14.2 Å². The Labute approximate surface area is 179 Å². The molecule has 0 aromatic heterocycles. The van der Waals surface area contributed by atoms with Gasteiger partial charge in [-0.15, -0.1) is 0 Å². The van der Waals surface area contributed by atoms with Gasteiger partial charge in [0.2, 0.25) is 0 Å². The highest BCUT2D eigenvalue weighted by Gasteiger charge is 2.14. The first-order valence-electron chi connectivity index (χ1n) is 9.43. The van der Waals surface area contributed by atoms with E-state index in [2.05, 4.69) is 0 Å². The summed E-state index contributed by atoms with van der Waals surface area (Å²) in [5.74, 6) is -0.566. The van der Waals surface area contributed by atoms with Crippen LogP contribution in [0.5, 0.6) is 17.2 Å². The molecule has 0 saturated heterocycles. The number of hydrogen-bond acceptors (Lipinski definition) is 6. The summed E-state index contributed by atoms with van der Waals surface area (Å²) in [6, 6.07) is 20.1. The van der Waals surface area contributed by atoms with E-state index in [9.17, 15) is 14.4 Å². The first-order chi connectivity index (χ1) is 15.0. The van der Waals surface area contributed by atoms with Crippen LogP contribution in [0.25, 0.3) is 6.08 Å². The fraction of sp³-hybridized carbons (Fsp3) is 0.0800. The van der Waals surface area contributed by atoms with Gasteiger partial charge in [0.25, 0.3) is 0 Å². The van der Waals surface area contributed by atoms with E-state index >= 15 is 0 Å². The normalized spacial score (nSPS) is 10.5. The van der Waals surface area contributed by atoms with Gasteiger partial charge in [-0.3, -0.25) is 9.59 Å². The Bertz CT molecular complexity index is 1130. The number of allylic oxidation sites excluding steroid dienone is 1. The quantitative estimate of drug-likeness (QED) is 0.240. The zero-order valence-electron chi connectivity index (χ0n) is 17.0. The first kappa shape index (κ1) is 21.5. The van der Waals surface area contributed by atoms with Crippen LogP contribution in [0.2, 0.25) is 0 Å². The van der Waals surface area contributed by atoms with Crippen molar-refractivity contribution in [3.05, 3.63) is 95.6 Å². The number of ether oxygens (including phenoxy) is 3. The second-order valence-electron chi connectivity index (χ2n) is 6.45. The molecule has 0 atom stereocenters. The Kier molecular flexibility index (Phi) is 6.96. The summed E-state index contributed by atoms with van der Waals surface area (Å²) in [7, 11) is 1.47. The molecular weight excluding hydrogens is 396 g/mol. The van der Waals surface area contributed by atoms with Gasteiger partial charge in [0.05, 0.1) is 18.2 Å². The Hall–Kier alpha value is -4.19. The molecule has 0 heterocycles. The number of rotatable bonds is 7. The number of benzene rings is 3. The van der Waals surface area contributed by atoms with Crippen molar-refractivity contribution >= 4 is 23.8 Å². The molecular formula is C25H20O6. The molecule has 0 N–H and O–H groups in total. The van der Waals surface area contributed by atoms with Gasteiger partial charge in [0.1, 0.15) is 17.2 Å². The molecule has 3 rings (SSSR count). The van der Waals surface area contributed by atoms with E-state index < -0.39 is 11.9 Å². The number of para-hydroxylation sites is 1. The minimum absolute atomic E-state index is 0.102. The second kappa shape index (κ2) is 10.0. The molecule has 0 bridgehead atoms. The van der Waals surface area contributed by atoms with E-state index in [-0.39, 0.29) is 17.1 Å². The molecule has 0 aliphatic rings. The van der Waals surface area contributed by atoms with Gasteiger partial charge < -0.3 is 14.2 Å². The second-order valence-corrected chi connectivity index (χ2v) is 6.45. The van der Waals surface area contributed by atoms with E-state index in [1.54, 1.807) is 54.6 Å². The Morgan fingerprint density at radius 3 is 2.23 bits per heavy atom. The molecule has 156 valence electrons. The zero-order chi connectivity index (χ0) is 22.2. The SMILES string of the molecule is COc1ccc(C(=O)/C=C/c2ccccc2OC(=O)c2ccccc2)c(OC(C)=O)c1. The predicted octanol–water partition coefficient (Wildman–Crippen LogP) is 4.74. The maximum absolute atomic E-state index is 12.7. The monoisotopic (exact) mass is 416 g/mol. The van der Waals surface area contributed by atoms with Gasteiger partial charge >= 0.3 is 11.9 Å². The summed E-state index contributed by atoms with van der Waals surface area (Å²) in [6.45, 7) is 1.25. The third-order valence-electron chi connectivity index (χ3n) is 4.25. The molecule has 0 spiro atoms. The molecule has 0 amide bonds. The molecule has 0 saturated carbocycles. The Balaban J connectivity index is 1.83. The van der Waals surface area contributed by atoms with E-state index in [0.717, 1.165) is 0 Å². The summed E-state index contributed by atoms with van der Waals surface area (Å²) in [5.41, 5.74) is 1.16. The Morgan fingerprint density at radius 1 is 0.806 bits per heavy atom. The average molecular weight is 416 g/mol. The van der Waals surface area contributed by atoms with Gasteiger partial charge in [0, 0.05) is 18.6 Å². The van der Waals surface area contributed by atoms with Crippen LogP contribution in [0, 0.1) is 0 Å². The molecule has 0 fully saturated rings. The van der Waals surface area contributed by atoms with E-state index in [1.807, 2.05) is 6.07 Å². The van der Waals surface area contributed by atoms with Crippen molar-refractivity contribution in [2.45, 2.75) is 6.92 Å². The molecule has 3 aromatic rings. The minimum Gasteiger partial charge on any atom is -0.497 e. The maximum Gasteiger partial charge on any atom is 0.343 e. The van der Waals surface area contributed by atoms with Crippen LogP contribution in [-0.2, 0) is 4.79 Å². The highest BCUT2D eigenvalue weighted by molar-refractivity contribution is 6.09. The first-order valence-corrected chi connectivity index (χ1v) is 9.43. The molecule has 0 aliphatic heterocycles. The minimum atomic E-state index is -0.551. The highest BCUT2D eigenvalue weighted by Crippen LogP contribution is 2.27. The fourth-order valence-electron chi connectivity index (χ4n) is 2.77. The van der Waals surface area contributed by atoms with Crippen molar-refractivity contribution in [1.29, 1.82) is 0 Å². The van der Waals surface area contributed by atoms with Crippen LogP contribution in [0.15, 0.2) is 78.9 Å². The maximum atomic E-state index is 12.7. The van der Waals surface area contributed by atoms with Crippen molar-refractivity contribution in [1.82, 2.24) is 0 Å². The lowest BCUT2D eigenvalue weighted by Crippen LogP contribution is -2.09. The lowest BCUT2D eigenvalue weighted by Gasteiger charge is -2.09. The summed E-state index contributed by atoms with van der Waals surface area (Å²) in [6.07, 6.45) is 2.86. The van der Waals surface area contributed by atoms with Crippen molar-refractivity contribution in [2.75, 3.05) is 7.11 Å². The molecule has 6 heteroatoms. The van der Waals surface area contributed by atoms with Gasteiger partial charge in [0.15, 0.2) is 5.78 Å². The molecule has 6 nitrogen and oxygen atoms in total. The number of hydrogen-bond donors (Lipinski definition) is 0. The number of carbonyl (C=O) groups excluding carboxylic acids is 3. The van der Waals surface area contributed by atoms with Crippen LogP contribution in [0.1, 0.15) is 33.2 Å². The van der Waals surface area contributed by atoms with Crippen molar-refractivity contribution < 1.29 is 28.6 Å². The lowest BCUT2D eigenvalue weighted by molar-refractivity contribution is -0.131. The zero-order valence-corrected chi connectivity index (χ0v) is 17.0. The molecule has 0 radical (unpaired) electrons. The van der Waals surface area contributed by atoms with Crippen LogP contribution in [-0.4, -0.2) is 24.8 Å². The van der Waals surface area contributed by atoms with Gasteiger partial charge in [-0.2, -0.15) is 0 Å². The lowest BCUT2D eigenvalue weighted by atomic mass is 10.1. The van der Waals surface area contributed by atoms with Crippen molar-refractivity contribution in [2.24, 2.45) is 0 Å². The van der Waals surface area contributed by atoms with Crippen LogP contribution < -0.4 is 14.2 Å². The topological polar surface area (TPSA) is 78.9 Å². The van der Waals surface area contributed by atoms with Crippen LogP contribution >= 0.6 is 0 Å². The molecule has 3 aromatic carbocycles.